The SMILES string of the molecule is CSC(C)CCNCc1ccc(OC(F)(F)F)c(Br)c1. The predicted molar refractivity (Wildman–Crippen MR) is 80.1 cm³/mol. The van der Waals surface area contributed by atoms with E-state index < -0.39 is 6.36 Å². The van der Waals surface area contributed by atoms with Crippen molar-refractivity contribution in [2.75, 3.05) is 12.8 Å². The summed E-state index contributed by atoms with van der Waals surface area (Å²) in [7, 11) is 0. The van der Waals surface area contributed by atoms with E-state index in [1.54, 1.807) is 12.1 Å². The highest BCUT2D eigenvalue weighted by Crippen LogP contribution is 2.31. The first-order valence-corrected chi connectivity index (χ1v) is 8.17. The molecule has 0 radical (unpaired) electrons. The molecule has 0 fully saturated rings. The summed E-state index contributed by atoms with van der Waals surface area (Å²) in [6, 6.07) is 4.57. The molecule has 0 amide bonds. The van der Waals surface area contributed by atoms with Crippen molar-refractivity contribution in [1.82, 2.24) is 5.32 Å². The van der Waals surface area contributed by atoms with Gasteiger partial charge in [-0.2, -0.15) is 11.8 Å². The number of benzene rings is 1. The maximum atomic E-state index is 12.1. The van der Waals surface area contributed by atoms with E-state index in [1.165, 1.54) is 6.07 Å². The van der Waals surface area contributed by atoms with Gasteiger partial charge in [0.1, 0.15) is 5.75 Å². The van der Waals surface area contributed by atoms with E-state index in [-0.39, 0.29) is 5.75 Å². The number of nitrogens with one attached hydrogen (secondary N) is 1. The second kappa shape index (κ2) is 8.14. The molecule has 0 saturated carbocycles. The van der Waals surface area contributed by atoms with Gasteiger partial charge in [0.15, 0.2) is 0 Å². The maximum absolute atomic E-state index is 12.1. The summed E-state index contributed by atoms with van der Waals surface area (Å²) in [5, 5.41) is 3.86. The first-order chi connectivity index (χ1) is 9.31. The van der Waals surface area contributed by atoms with E-state index >= 15 is 0 Å². The monoisotopic (exact) mass is 371 g/mol. The highest BCUT2D eigenvalue weighted by atomic mass is 79.9. The molecule has 1 N–H and O–H groups in total. The molecule has 0 bridgehead atoms. The van der Waals surface area contributed by atoms with E-state index in [0.29, 0.717) is 16.3 Å². The van der Waals surface area contributed by atoms with Crippen molar-refractivity contribution in [3.63, 3.8) is 0 Å². The van der Waals surface area contributed by atoms with Crippen LogP contribution >= 0.6 is 27.7 Å². The Morgan fingerprint density at radius 1 is 1.40 bits per heavy atom. The van der Waals surface area contributed by atoms with Crippen LogP contribution in [0.2, 0.25) is 0 Å². The molecule has 0 aliphatic carbocycles. The number of hydrogen-bond donors (Lipinski definition) is 1. The number of hydrogen-bond acceptors (Lipinski definition) is 3. The third-order valence-electron chi connectivity index (χ3n) is 2.68. The highest BCUT2D eigenvalue weighted by molar-refractivity contribution is 9.10. The lowest BCUT2D eigenvalue weighted by atomic mass is 10.2. The number of halogens is 4. The van der Waals surface area contributed by atoms with Crippen molar-refractivity contribution >= 4 is 27.7 Å². The molecule has 20 heavy (non-hydrogen) atoms. The van der Waals surface area contributed by atoms with Crippen molar-refractivity contribution in [2.45, 2.75) is 31.5 Å². The molecule has 1 atom stereocenters. The van der Waals surface area contributed by atoms with Gasteiger partial charge in [0.2, 0.25) is 0 Å². The number of rotatable bonds is 7. The van der Waals surface area contributed by atoms with Gasteiger partial charge in [0, 0.05) is 11.8 Å². The topological polar surface area (TPSA) is 21.3 Å². The summed E-state index contributed by atoms with van der Waals surface area (Å²) in [4.78, 5) is 0. The van der Waals surface area contributed by atoms with Crippen LogP contribution in [0.15, 0.2) is 22.7 Å². The number of thioether (sulfide) groups is 1. The molecule has 2 nitrogen and oxygen atoms in total. The third kappa shape index (κ3) is 6.85. The van der Waals surface area contributed by atoms with Crippen LogP contribution in [0.5, 0.6) is 5.75 Å². The van der Waals surface area contributed by atoms with Gasteiger partial charge < -0.3 is 10.1 Å². The fraction of sp³-hybridized carbons (Fsp3) is 0.538. The summed E-state index contributed by atoms with van der Waals surface area (Å²) < 4.78 is 40.6. The van der Waals surface area contributed by atoms with Gasteiger partial charge in [0.05, 0.1) is 4.47 Å². The predicted octanol–water partition coefficient (Wildman–Crippen LogP) is 4.58. The van der Waals surface area contributed by atoms with Gasteiger partial charge in [-0.25, -0.2) is 0 Å². The molecule has 0 aliphatic rings. The van der Waals surface area contributed by atoms with Gasteiger partial charge in [-0.3, -0.25) is 0 Å². The molecule has 7 heteroatoms. The van der Waals surface area contributed by atoms with Crippen molar-refractivity contribution in [3.05, 3.63) is 28.2 Å². The molecule has 0 heterocycles. The molecule has 1 aromatic carbocycles. The van der Waals surface area contributed by atoms with E-state index in [9.17, 15) is 13.2 Å². The van der Waals surface area contributed by atoms with Crippen LogP contribution in [-0.2, 0) is 6.54 Å². The summed E-state index contributed by atoms with van der Waals surface area (Å²) in [5.41, 5.74) is 0.906. The molecule has 0 saturated heterocycles. The lowest BCUT2D eigenvalue weighted by Crippen LogP contribution is -2.18. The quantitative estimate of drug-likeness (QED) is 0.708. The van der Waals surface area contributed by atoms with Gasteiger partial charge >= 0.3 is 6.36 Å². The third-order valence-corrected chi connectivity index (χ3v) is 4.34. The molecule has 1 aromatic rings. The van der Waals surface area contributed by atoms with Gasteiger partial charge in [-0.1, -0.05) is 13.0 Å². The Hall–Kier alpha value is -0.400. The Balaban J connectivity index is 2.47. The first kappa shape index (κ1) is 17.7. The van der Waals surface area contributed by atoms with E-state index in [4.69, 9.17) is 0 Å². The molecule has 0 spiro atoms. The lowest BCUT2D eigenvalue weighted by molar-refractivity contribution is -0.274. The zero-order valence-electron chi connectivity index (χ0n) is 11.3. The van der Waals surface area contributed by atoms with E-state index in [1.807, 2.05) is 11.8 Å². The van der Waals surface area contributed by atoms with Crippen LogP contribution in [0.4, 0.5) is 13.2 Å². The average molecular weight is 372 g/mol. The Morgan fingerprint density at radius 3 is 2.65 bits per heavy atom. The van der Waals surface area contributed by atoms with Gasteiger partial charge in [-0.05, 0) is 52.8 Å². The number of ether oxygens (including phenoxy) is 1. The zero-order valence-corrected chi connectivity index (χ0v) is 13.7. The Bertz CT molecular complexity index is 429. The summed E-state index contributed by atoms with van der Waals surface area (Å²) >= 11 is 4.90. The van der Waals surface area contributed by atoms with Crippen molar-refractivity contribution in [3.8, 4) is 5.75 Å². The molecule has 1 rings (SSSR count). The fourth-order valence-electron chi connectivity index (χ4n) is 1.52. The van der Waals surface area contributed by atoms with Crippen molar-refractivity contribution in [2.24, 2.45) is 0 Å². The smallest absolute Gasteiger partial charge is 0.405 e. The minimum Gasteiger partial charge on any atom is -0.405 e. The first-order valence-electron chi connectivity index (χ1n) is 6.09. The summed E-state index contributed by atoms with van der Waals surface area (Å²) in [6.07, 6.45) is -1.55. The zero-order chi connectivity index (χ0) is 15.2. The normalized spacial score (nSPS) is 13.3. The Morgan fingerprint density at radius 2 is 2.10 bits per heavy atom. The minimum absolute atomic E-state index is 0.225. The van der Waals surface area contributed by atoms with Crippen LogP contribution in [0, 0.1) is 0 Å². The van der Waals surface area contributed by atoms with Crippen LogP contribution in [-0.4, -0.2) is 24.4 Å². The molecule has 0 aliphatic heterocycles. The Kier molecular flexibility index (Phi) is 7.19. The lowest BCUT2D eigenvalue weighted by Gasteiger charge is -2.12. The highest BCUT2D eigenvalue weighted by Gasteiger charge is 2.31. The molecular formula is C13H17BrF3NOS. The maximum Gasteiger partial charge on any atom is 0.573 e. The molecule has 0 aromatic heterocycles. The summed E-state index contributed by atoms with van der Waals surface area (Å²) in [5.74, 6) is -0.225. The molecule has 1 unspecified atom stereocenters. The second-order valence-electron chi connectivity index (χ2n) is 4.32. The van der Waals surface area contributed by atoms with Crippen LogP contribution in [0.25, 0.3) is 0 Å². The fourth-order valence-corrected chi connectivity index (χ4v) is 2.38. The van der Waals surface area contributed by atoms with Crippen LogP contribution in [0.3, 0.4) is 0 Å². The Labute approximate surface area is 129 Å². The minimum atomic E-state index is -4.67. The second-order valence-corrected chi connectivity index (χ2v) is 6.45. The molecule has 114 valence electrons. The van der Waals surface area contributed by atoms with Crippen molar-refractivity contribution in [1.29, 1.82) is 0 Å². The standard InChI is InChI=1S/C13H17BrF3NOS/c1-9(20-2)5-6-18-8-10-3-4-12(11(14)7-10)19-13(15,16)17/h3-4,7,9,18H,5-6,8H2,1-2H3. The van der Waals surface area contributed by atoms with Gasteiger partial charge in [-0.15, -0.1) is 13.2 Å². The average Bonchev–Trinajstić information content (AvgIpc) is 2.36. The summed E-state index contributed by atoms with van der Waals surface area (Å²) in [6.45, 7) is 3.65. The van der Waals surface area contributed by atoms with Crippen LogP contribution < -0.4 is 10.1 Å². The largest absolute Gasteiger partial charge is 0.573 e. The van der Waals surface area contributed by atoms with Crippen LogP contribution in [0.1, 0.15) is 18.9 Å². The molecular weight excluding hydrogens is 355 g/mol. The number of alkyl halides is 3. The van der Waals surface area contributed by atoms with E-state index in [0.717, 1.165) is 18.5 Å². The van der Waals surface area contributed by atoms with E-state index in [2.05, 4.69) is 39.2 Å². The van der Waals surface area contributed by atoms with Crippen molar-refractivity contribution < 1.29 is 17.9 Å². The van der Waals surface area contributed by atoms with Gasteiger partial charge in [0.25, 0.3) is 0 Å².